The van der Waals surface area contributed by atoms with Crippen LogP contribution in [0.2, 0.25) is 0 Å². The van der Waals surface area contributed by atoms with Crippen molar-refractivity contribution in [1.29, 1.82) is 0 Å². The third-order valence-corrected chi connectivity index (χ3v) is 5.58. The fourth-order valence-electron chi connectivity index (χ4n) is 3.90. The molecule has 0 bridgehead atoms. The summed E-state index contributed by atoms with van der Waals surface area (Å²) in [6.07, 6.45) is 3.96. The Bertz CT molecular complexity index is 540. The number of hydrogen-bond donors (Lipinski definition) is 3. The molecule has 2 unspecified atom stereocenters. The normalized spacial score (nSPS) is 25.4. The molecule has 0 aromatic heterocycles. The molecule has 1 aromatic rings. The van der Waals surface area contributed by atoms with Crippen LogP contribution in [-0.4, -0.2) is 42.5 Å². The molecular formula is C20H32N4O. The smallest absolute Gasteiger partial charge is 0.220 e. The van der Waals surface area contributed by atoms with Gasteiger partial charge in [-0.15, -0.1) is 0 Å². The Morgan fingerprint density at radius 1 is 1.20 bits per heavy atom. The summed E-state index contributed by atoms with van der Waals surface area (Å²) < 4.78 is 0. The van der Waals surface area contributed by atoms with Gasteiger partial charge in [0, 0.05) is 31.1 Å². The van der Waals surface area contributed by atoms with Gasteiger partial charge in [-0.3, -0.25) is 10.2 Å². The molecule has 5 heteroatoms. The molecule has 138 valence electrons. The molecule has 2 saturated heterocycles. The number of hydrazine groups is 1. The molecule has 1 aromatic carbocycles. The molecule has 2 aliphatic rings. The molecule has 3 rings (SSSR count). The highest BCUT2D eigenvalue weighted by Crippen LogP contribution is 2.23. The van der Waals surface area contributed by atoms with Crippen molar-refractivity contribution in [2.45, 2.75) is 57.7 Å². The van der Waals surface area contributed by atoms with Gasteiger partial charge in [0.25, 0.3) is 0 Å². The first kappa shape index (κ1) is 18.4. The van der Waals surface area contributed by atoms with E-state index in [2.05, 4.69) is 59.2 Å². The van der Waals surface area contributed by atoms with E-state index in [9.17, 15) is 4.79 Å². The predicted octanol–water partition coefficient (Wildman–Crippen LogP) is 2.22. The van der Waals surface area contributed by atoms with Crippen LogP contribution < -0.4 is 16.2 Å². The minimum absolute atomic E-state index is 0.202. The number of rotatable bonds is 6. The SMILES string of the molecule is CC(C)N1CCC(CC(=O)NCC2CC(c3ccccc3)NN2)CC1. The second kappa shape index (κ2) is 8.79. The minimum atomic E-state index is 0.202. The van der Waals surface area contributed by atoms with Gasteiger partial charge in [0.1, 0.15) is 0 Å². The fourth-order valence-corrected chi connectivity index (χ4v) is 3.90. The molecular weight excluding hydrogens is 312 g/mol. The lowest BCUT2D eigenvalue weighted by atomic mass is 9.92. The van der Waals surface area contributed by atoms with Gasteiger partial charge in [0.05, 0.1) is 0 Å². The van der Waals surface area contributed by atoms with Crippen LogP contribution in [0.3, 0.4) is 0 Å². The van der Waals surface area contributed by atoms with Gasteiger partial charge in [0.2, 0.25) is 5.91 Å². The van der Waals surface area contributed by atoms with Gasteiger partial charge in [-0.25, -0.2) is 5.43 Å². The molecule has 0 spiro atoms. The topological polar surface area (TPSA) is 56.4 Å². The Hall–Kier alpha value is -1.43. The summed E-state index contributed by atoms with van der Waals surface area (Å²) >= 11 is 0. The highest BCUT2D eigenvalue weighted by Gasteiger charge is 2.26. The average Bonchev–Trinajstić information content (AvgIpc) is 3.10. The monoisotopic (exact) mass is 344 g/mol. The maximum atomic E-state index is 12.3. The Balaban J connectivity index is 1.35. The molecule has 3 N–H and O–H groups in total. The van der Waals surface area contributed by atoms with Crippen molar-refractivity contribution in [3.63, 3.8) is 0 Å². The van der Waals surface area contributed by atoms with Crippen molar-refractivity contribution in [2.75, 3.05) is 19.6 Å². The van der Waals surface area contributed by atoms with Gasteiger partial charge in [0.15, 0.2) is 0 Å². The van der Waals surface area contributed by atoms with Gasteiger partial charge in [-0.1, -0.05) is 30.3 Å². The van der Waals surface area contributed by atoms with E-state index in [0.29, 0.717) is 31.0 Å². The van der Waals surface area contributed by atoms with Crippen LogP contribution in [0.25, 0.3) is 0 Å². The number of amides is 1. The summed E-state index contributed by atoms with van der Waals surface area (Å²) in [7, 11) is 0. The summed E-state index contributed by atoms with van der Waals surface area (Å²) in [5, 5.41) is 3.12. The second-order valence-corrected chi connectivity index (χ2v) is 7.77. The largest absolute Gasteiger partial charge is 0.354 e. The van der Waals surface area contributed by atoms with Crippen LogP contribution >= 0.6 is 0 Å². The first-order chi connectivity index (χ1) is 12.1. The van der Waals surface area contributed by atoms with Crippen molar-refractivity contribution >= 4 is 5.91 Å². The van der Waals surface area contributed by atoms with Crippen molar-refractivity contribution < 1.29 is 4.79 Å². The number of nitrogens with one attached hydrogen (secondary N) is 3. The zero-order chi connectivity index (χ0) is 17.6. The molecule has 2 atom stereocenters. The number of likely N-dealkylation sites (tertiary alicyclic amines) is 1. The Kier molecular flexibility index (Phi) is 6.45. The summed E-state index contributed by atoms with van der Waals surface area (Å²) in [5.41, 5.74) is 7.94. The van der Waals surface area contributed by atoms with Crippen LogP contribution in [0.1, 0.15) is 51.1 Å². The zero-order valence-corrected chi connectivity index (χ0v) is 15.5. The van der Waals surface area contributed by atoms with E-state index in [0.717, 1.165) is 32.4 Å². The van der Waals surface area contributed by atoms with Gasteiger partial charge in [-0.05, 0) is 57.7 Å². The molecule has 0 aliphatic carbocycles. The molecule has 2 heterocycles. The van der Waals surface area contributed by atoms with Crippen molar-refractivity contribution in [1.82, 2.24) is 21.1 Å². The van der Waals surface area contributed by atoms with Crippen LogP contribution in [0.15, 0.2) is 30.3 Å². The lowest BCUT2D eigenvalue weighted by molar-refractivity contribution is -0.122. The lowest BCUT2D eigenvalue weighted by Crippen LogP contribution is -2.42. The van der Waals surface area contributed by atoms with Crippen LogP contribution in [-0.2, 0) is 4.79 Å². The molecule has 25 heavy (non-hydrogen) atoms. The molecule has 1 amide bonds. The molecule has 0 saturated carbocycles. The second-order valence-electron chi connectivity index (χ2n) is 7.77. The quantitative estimate of drug-likeness (QED) is 0.741. The van der Waals surface area contributed by atoms with E-state index >= 15 is 0 Å². The number of benzene rings is 1. The third-order valence-electron chi connectivity index (χ3n) is 5.58. The van der Waals surface area contributed by atoms with Crippen molar-refractivity contribution in [3.8, 4) is 0 Å². The Morgan fingerprint density at radius 2 is 1.92 bits per heavy atom. The maximum absolute atomic E-state index is 12.3. The number of nitrogens with zero attached hydrogens (tertiary/aromatic N) is 1. The summed E-state index contributed by atoms with van der Waals surface area (Å²) in [5.74, 6) is 0.745. The summed E-state index contributed by atoms with van der Waals surface area (Å²) in [6.45, 7) is 7.45. The zero-order valence-electron chi connectivity index (χ0n) is 15.5. The van der Waals surface area contributed by atoms with Crippen molar-refractivity contribution in [3.05, 3.63) is 35.9 Å². The van der Waals surface area contributed by atoms with E-state index < -0.39 is 0 Å². The summed E-state index contributed by atoms with van der Waals surface area (Å²) in [4.78, 5) is 14.8. The predicted molar refractivity (Wildman–Crippen MR) is 101 cm³/mol. The van der Waals surface area contributed by atoms with Gasteiger partial charge < -0.3 is 10.2 Å². The van der Waals surface area contributed by atoms with Gasteiger partial charge >= 0.3 is 0 Å². The van der Waals surface area contributed by atoms with E-state index in [1.165, 1.54) is 5.56 Å². The average molecular weight is 345 g/mol. The number of hydrogen-bond acceptors (Lipinski definition) is 4. The lowest BCUT2D eigenvalue weighted by Gasteiger charge is -2.34. The highest BCUT2D eigenvalue weighted by molar-refractivity contribution is 5.76. The van der Waals surface area contributed by atoms with Crippen molar-refractivity contribution in [2.24, 2.45) is 5.92 Å². The fraction of sp³-hybridized carbons (Fsp3) is 0.650. The van der Waals surface area contributed by atoms with Crippen LogP contribution in [0.4, 0.5) is 0 Å². The minimum Gasteiger partial charge on any atom is -0.354 e. The highest BCUT2D eigenvalue weighted by atomic mass is 16.1. The standard InChI is InChI=1S/C20H32N4O/c1-15(2)24-10-8-16(9-11-24)12-20(25)21-14-18-13-19(23-22-18)17-6-4-3-5-7-17/h3-7,15-16,18-19,22-23H,8-14H2,1-2H3,(H,21,25). The molecule has 0 radical (unpaired) electrons. The Morgan fingerprint density at radius 3 is 2.60 bits per heavy atom. The molecule has 5 nitrogen and oxygen atoms in total. The summed E-state index contributed by atoms with van der Waals surface area (Å²) in [6, 6.07) is 11.7. The van der Waals surface area contributed by atoms with E-state index in [1.807, 2.05) is 6.07 Å². The Labute approximate surface area is 151 Å². The maximum Gasteiger partial charge on any atom is 0.220 e. The number of carbonyl (C=O) groups is 1. The van der Waals surface area contributed by atoms with Gasteiger partial charge in [-0.2, -0.15) is 0 Å². The van der Waals surface area contributed by atoms with E-state index in [-0.39, 0.29) is 11.9 Å². The van der Waals surface area contributed by atoms with E-state index in [1.54, 1.807) is 0 Å². The third kappa shape index (κ3) is 5.27. The molecule has 2 aliphatic heterocycles. The molecule has 2 fully saturated rings. The first-order valence-electron chi connectivity index (χ1n) is 9.68. The first-order valence-corrected chi connectivity index (χ1v) is 9.68. The number of piperidine rings is 1. The number of carbonyl (C=O) groups excluding carboxylic acids is 1. The van der Waals surface area contributed by atoms with E-state index in [4.69, 9.17) is 0 Å². The van der Waals surface area contributed by atoms with Crippen LogP contribution in [0.5, 0.6) is 0 Å². The van der Waals surface area contributed by atoms with Crippen LogP contribution in [0, 0.1) is 5.92 Å².